The summed E-state index contributed by atoms with van der Waals surface area (Å²) in [6.45, 7) is 5.88. The van der Waals surface area contributed by atoms with Crippen LogP contribution in [0, 0.1) is 23.7 Å². The molecular formula is C15H20I2N2O4. The third-order valence-corrected chi connectivity index (χ3v) is 13.5. The Morgan fingerprint density at radius 1 is 1.39 bits per heavy atom. The van der Waals surface area contributed by atoms with Crippen molar-refractivity contribution >= 4 is 54.9 Å². The maximum absolute atomic E-state index is 12.8. The number of alkyl halides is 2. The number of halogens is 2. The third-order valence-electron chi connectivity index (χ3n) is 6.33. The molecule has 6 unspecified atom stereocenters. The van der Waals surface area contributed by atoms with Crippen LogP contribution in [0.3, 0.4) is 0 Å². The molecule has 6 nitrogen and oxygen atoms in total. The van der Waals surface area contributed by atoms with Crippen molar-refractivity contribution in [3.8, 4) is 0 Å². The molecule has 2 N–H and O–H groups in total. The first-order chi connectivity index (χ1) is 10.7. The maximum atomic E-state index is 12.8. The van der Waals surface area contributed by atoms with Gasteiger partial charge in [0.2, 0.25) is 0 Å². The molecule has 23 heavy (non-hydrogen) atoms. The molecule has 3 aliphatic heterocycles. The Labute approximate surface area is 156 Å². The fourth-order valence-electron chi connectivity index (χ4n) is 5.11. The zero-order chi connectivity index (χ0) is 16.4. The van der Waals surface area contributed by atoms with Gasteiger partial charge in [0.25, 0.3) is 0 Å². The molecule has 2 aliphatic carbocycles. The summed E-state index contributed by atoms with van der Waals surface area (Å²) in [5.74, 6) is 0.525. The van der Waals surface area contributed by atoms with Gasteiger partial charge in [0.15, 0.2) is 0 Å². The molecule has 3 heterocycles. The number of fused-ring (bicyclic) bond motifs is 2. The van der Waals surface area contributed by atoms with E-state index in [0.29, 0.717) is 11.8 Å². The molecule has 2 saturated carbocycles. The van der Waals surface area contributed by atoms with Gasteiger partial charge in [-0.15, -0.1) is 0 Å². The predicted molar refractivity (Wildman–Crippen MR) is 98.7 cm³/mol. The molecule has 3 saturated heterocycles. The van der Waals surface area contributed by atoms with Crippen LogP contribution in [0.2, 0.25) is 0 Å². The van der Waals surface area contributed by atoms with Gasteiger partial charge in [-0.05, 0) is 0 Å². The molecule has 8 heteroatoms. The molecule has 128 valence electrons. The van der Waals surface area contributed by atoms with Gasteiger partial charge in [0.05, 0.1) is 0 Å². The number of hydrogen-bond acceptors (Lipinski definition) is 6. The van der Waals surface area contributed by atoms with Crippen LogP contribution in [0.1, 0.15) is 33.6 Å². The molecule has 2 bridgehead atoms. The van der Waals surface area contributed by atoms with E-state index < -0.39 is 29.4 Å². The van der Waals surface area contributed by atoms with Gasteiger partial charge in [0.1, 0.15) is 0 Å². The number of rotatable bonds is 4. The average molecular weight is 546 g/mol. The second-order valence-electron chi connectivity index (χ2n) is 8.05. The van der Waals surface area contributed by atoms with Crippen molar-refractivity contribution in [2.24, 2.45) is 23.7 Å². The molecule has 6 atom stereocenters. The van der Waals surface area contributed by atoms with Gasteiger partial charge >= 0.3 is 157 Å². The first-order valence-electron chi connectivity index (χ1n) is 8.06. The summed E-state index contributed by atoms with van der Waals surface area (Å²) in [5.41, 5.74) is -0.638. The Morgan fingerprint density at radius 2 is 2.04 bits per heavy atom. The van der Waals surface area contributed by atoms with Crippen LogP contribution in [-0.4, -0.2) is 30.7 Å². The fraction of sp³-hybridized carbons (Fsp3) is 0.867. The monoisotopic (exact) mass is 546 g/mol. The van der Waals surface area contributed by atoms with E-state index in [2.05, 4.69) is 29.7 Å². The number of esters is 2. The van der Waals surface area contributed by atoms with Gasteiger partial charge in [-0.25, -0.2) is 0 Å². The van der Waals surface area contributed by atoms with Crippen LogP contribution in [0.4, 0.5) is 0 Å². The molecule has 0 amide bonds. The van der Waals surface area contributed by atoms with E-state index in [0.717, 1.165) is 12.8 Å². The summed E-state index contributed by atoms with van der Waals surface area (Å²) in [6.07, 6.45) is 2.09. The van der Waals surface area contributed by atoms with Crippen LogP contribution < -0.4 is 7.06 Å². The summed E-state index contributed by atoms with van der Waals surface area (Å²) >= 11 is 0.999. The molecule has 0 aromatic carbocycles. The van der Waals surface area contributed by atoms with E-state index in [-0.39, 0.29) is 33.5 Å². The molecule has 0 spiro atoms. The number of ether oxygens (including phenoxy) is 2. The topological polar surface area (TPSA) is 96.5 Å². The van der Waals surface area contributed by atoms with E-state index in [1.54, 1.807) is 0 Å². The Balaban J connectivity index is 1.38. The van der Waals surface area contributed by atoms with E-state index in [1.165, 1.54) is 0 Å². The molecule has 0 radical (unpaired) electrons. The number of nitrogens with one attached hydrogen (secondary N) is 2. The molecular weight excluding hydrogens is 526 g/mol. The quantitative estimate of drug-likeness (QED) is 0.140. The van der Waals surface area contributed by atoms with Crippen molar-refractivity contribution in [1.29, 1.82) is 0 Å². The summed E-state index contributed by atoms with van der Waals surface area (Å²) < 4.78 is 17.6. The van der Waals surface area contributed by atoms with Crippen molar-refractivity contribution in [2.75, 3.05) is 0 Å². The first-order valence-corrected chi connectivity index (χ1v) is 12.4. The fourth-order valence-corrected chi connectivity index (χ4v) is 12.9. The average Bonchev–Trinajstić information content (AvgIpc) is 3.18. The Morgan fingerprint density at radius 3 is 2.65 bits per heavy atom. The normalized spacial score (nSPS) is 45.3. The SMILES string of the molecule is CC(C)(OC(=O)C(C)(I)C12NI1N2)C1C2CC3OC(=O)C1C3C2. The number of hydrogen-bond donors (Lipinski definition) is 2. The molecule has 0 aromatic rings. The zero-order valence-corrected chi connectivity index (χ0v) is 17.5. The second-order valence-corrected chi connectivity index (χ2v) is 14.5. The minimum atomic E-state index is -1.22. The van der Waals surface area contributed by atoms with Crippen LogP contribution in [0.25, 0.3) is 0 Å². The van der Waals surface area contributed by atoms with Crippen LogP contribution in [0.15, 0.2) is 0 Å². The number of carbonyl (C=O) groups is 2. The summed E-state index contributed by atoms with van der Waals surface area (Å²) in [7, 11) is 0. The summed E-state index contributed by atoms with van der Waals surface area (Å²) in [4.78, 5) is 25.1. The third kappa shape index (κ3) is 1.86. The Kier molecular flexibility index (Phi) is 2.94. The Hall–Kier alpha value is 0.320. The predicted octanol–water partition coefficient (Wildman–Crippen LogP) is 1.90. The van der Waals surface area contributed by atoms with E-state index in [4.69, 9.17) is 9.47 Å². The van der Waals surface area contributed by atoms with Crippen LogP contribution in [0.5, 0.6) is 0 Å². The van der Waals surface area contributed by atoms with Crippen molar-refractivity contribution in [3.05, 3.63) is 0 Å². The van der Waals surface area contributed by atoms with E-state index >= 15 is 0 Å². The molecule has 5 aliphatic rings. The zero-order valence-electron chi connectivity index (χ0n) is 13.2. The standard InChI is InChI=1S/C15H20I2N2O4/c1-13(2,23-12(21)14(3,16)15-17(18-15)19-15)10-6-4-7-8(5-6)22-11(20)9(7)10/h6-10,18-19H,4-5H2,1-3H3. The van der Waals surface area contributed by atoms with Gasteiger partial charge in [-0.3, -0.25) is 0 Å². The van der Waals surface area contributed by atoms with Gasteiger partial charge in [-0.1, -0.05) is 0 Å². The van der Waals surface area contributed by atoms with Crippen molar-refractivity contribution in [2.45, 2.75) is 52.4 Å². The summed E-state index contributed by atoms with van der Waals surface area (Å²) in [5, 5.41) is 0. The van der Waals surface area contributed by atoms with Gasteiger partial charge in [0, 0.05) is 0 Å². The summed E-state index contributed by atoms with van der Waals surface area (Å²) in [6, 6.07) is 0. The molecule has 0 aromatic heterocycles. The minimum absolute atomic E-state index is 0.0777. The van der Waals surface area contributed by atoms with Crippen LogP contribution >= 0.6 is 43.0 Å². The van der Waals surface area contributed by atoms with E-state index in [9.17, 15) is 9.59 Å². The van der Waals surface area contributed by atoms with Crippen molar-refractivity contribution in [1.82, 2.24) is 7.06 Å². The second kappa shape index (κ2) is 4.35. The Bertz CT molecular complexity index is 629. The van der Waals surface area contributed by atoms with E-state index in [1.807, 2.05) is 20.8 Å². The molecule has 5 fully saturated rings. The van der Waals surface area contributed by atoms with Gasteiger partial charge < -0.3 is 0 Å². The molecule has 5 rings (SSSR count). The van der Waals surface area contributed by atoms with Crippen molar-refractivity contribution < 1.29 is 19.1 Å². The number of carbonyl (C=O) groups excluding carboxylic acids is 2. The van der Waals surface area contributed by atoms with Crippen molar-refractivity contribution in [3.63, 3.8) is 0 Å². The van der Waals surface area contributed by atoms with Gasteiger partial charge in [-0.2, -0.15) is 0 Å². The van der Waals surface area contributed by atoms with Crippen LogP contribution in [-0.2, 0) is 19.1 Å². The first kappa shape index (κ1) is 15.6.